The summed E-state index contributed by atoms with van der Waals surface area (Å²) < 4.78 is 0. The Kier molecular flexibility index (Phi) is 5.98. The van der Waals surface area contributed by atoms with Gasteiger partial charge in [0.05, 0.1) is 11.8 Å². The monoisotopic (exact) mass is 284 g/mol. The number of carbonyl (C=O) groups is 3. The molecule has 3 N–H and O–H groups in total. The lowest BCUT2D eigenvalue weighted by molar-refractivity contribution is -0.146. The minimum Gasteiger partial charge on any atom is -0.481 e. The normalized spacial score (nSPS) is 25.5. The standard InChI is InChI=1S/C14H24N2O4/c1-8(2)16-12(17)4-5-15-13(18)10-6-9(3)7-11(10)14(19)20/h8-11H,4-7H2,1-3H3,(H,15,18)(H,16,17)(H,19,20). The van der Waals surface area contributed by atoms with E-state index in [-0.39, 0.29) is 36.7 Å². The summed E-state index contributed by atoms with van der Waals surface area (Å²) in [6.45, 7) is 5.94. The van der Waals surface area contributed by atoms with Gasteiger partial charge in [-0.05, 0) is 32.6 Å². The first-order valence-electron chi connectivity index (χ1n) is 7.11. The predicted molar refractivity (Wildman–Crippen MR) is 73.9 cm³/mol. The van der Waals surface area contributed by atoms with Gasteiger partial charge in [-0.3, -0.25) is 14.4 Å². The Labute approximate surface area is 119 Å². The SMILES string of the molecule is CC1CC(C(=O)O)C(C(=O)NCCC(=O)NC(C)C)C1. The molecule has 1 fully saturated rings. The fourth-order valence-corrected chi connectivity index (χ4v) is 2.68. The molecule has 0 heterocycles. The summed E-state index contributed by atoms with van der Waals surface area (Å²) in [5.41, 5.74) is 0. The third-order valence-corrected chi connectivity index (χ3v) is 3.55. The van der Waals surface area contributed by atoms with Crippen molar-refractivity contribution in [1.82, 2.24) is 10.6 Å². The molecule has 3 atom stereocenters. The summed E-state index contributed by atoms with van der Waals surface area (Å²) in [7, 11) is 0. The van der Waals surface area contributed by atoms with Gasteiger partial charge in [-0.15, -0.1) is 0 Å². The zero-order valence-corrected chi connectivity index (χ0v) is 12.3. The van der Waals surface area contributed by atoms with Crippen molar-refractivity contribution in [3.05, 3.63) is 0 Å². The largest absolute Gasteiger partial charge is 0.481 e. The topological polar surface area (TPSA) is 95.5 Å². The number of carboxylic acid groups (broad SMARTS) is 1. The van der Waals surface area contributed by atoms with Gasteiger partial charge in [0, 0.05) is 19.0 Å². The number of nitrogens with one attached hydrogen (secondary N) is 2. The molecule has 1 rings (SSSR count). The van der Waals surface area contributed by atoms with Gasteiger partial charge in [-0.25, -0.2) is 0 Å². The van der Waals surface area contributed by atoms with Gasteiger partial charge in [-0.1, -0.05) is 6.92 Å². The van der Waals surface area contributed by atoms with Gasteiger partial charge in [0.15, 0.2) is 0 Å². The van der Waals surface area contributed by atoms with Crippen LogP contribution in [0.2, 0.25) is 0 Å². The summed E-state index contributed by atoms with van der Waals surface area (Å²) in [6.07, 6.45) is 1.35. The van der Waals surface area contributed by atoms with E-state index in [1.54, 1.807) is 0 Å². The minimum absolute atomic E-state index is 0.0743. The summed E-state index contributed by atoms with van der Waals surface area (Å²) in [5.74, 6) is -2.11. The Balaban J connectivity index is 2.39. The second-order valence-corrected chi connectivity index (χ2v) is 5.89. The highest BCUT2D eigenvalue weighted by Gasteiger charge is 2.40. The third kappa shape index (κ3) is 4.83. The fraction of sp³-hybridized carbons (Fsp3) is 0.786. The lowest BCUT2D eigenvalue weighted by Crippen LogP contribution is -2.38. The van der Waals surface area contributed by atoms with E-state index in [2.05, 4.69) is 10.6 Å². The van der Waals surface area contributed by atoms with E-state index in [0.717, 1.165) is 0 Å². The van der Waals surface area contributed by atoms with Gasteiger partial charge < -0.3 is 15.7 Å². The zero-order valence-electron chi connectivity index (χ0n) is 12.3. The Bertz CT molecular complexity index is 381. The molecule has 0 spiro atoms. The first kappa shape index (κ1) is 16.5. The molecule has 0 aromatic carbocycles. The fourth-order valence-electron chi connectivity index (χ4n) is 2.68. The highest BCUT2D eigenvalue weighted by atomic mass is 16.4. The quantitative estimate of drug-likeness (QED) is 0.671. The lowest BCUT2D eigenvalue weighted by atomic mass is 9.95. The molecule has 0 aromatic heterocycles. The van der Waals surface area contributed by atoms with E-state index < -0.39 is 17.8 Å². The average Bonchev–Trinajstić information content (AvgIpc) is 2.70. The van der Waals surface area contributed by atoms with Crippen LogP contribution in [-0.2, 0) is 14.4 Å². The zero-order chi connectivity index (χ0) is 15.3. The van der Waals surface area contributed by atoms with E-state index >= 15 is 0 Å². The Morgan fingerprint density at radius 3 is 2.35 bits per heavy atom. The van der Waals surface area contributed by atoms with E-state index in [1.807, 2.05) is 20.8 Å². The van der Waals surface area contributed by atoms with Crippen molar-refractivity contribution >= 4 is 17.8 Å². The van der Waals surface area contributed by atoms with Crippen LogP contribution in [0.4, 0.5) is 0 Å². The average molecular weight is 284 g/mol. The molecule has 0 saturated heterocycles. The Morgan fingerprint density at radius 2 is 1.80 bits per heavy atom. The molecule has 6 heteroatoms. The van der Waals surface area contributed by atoms with E-state index in [1.165, 1.54) is 0 Å². The number of hydrogen-bond acceptors (Lipinski definition) is 3. The molecule has 2 amide bonds. The van der Waals surface area contributed by atoms with Crippen LogP contribution in [0.1, 0.15) is 40.0 Å². The molecule has 1 saturated carbocycles. The van der Waals surface area contributed by atoms with Crippen molar-refractivity contribution in [3.8, 4) is 0 Å². The van der Waals surface area contributed by atoms with Crippen LogP contribution >= 0.6 is 0 Å². The molecule has 0 radical (unpaired) electrons. The smallest absolute Gasteiger partial charge is 0.307 e. The summed E-state index contributed by atoms with van der Waals surface area (Å²) in [4.78, 5) is 34.5. The molecule has 0 aliphatic heterocycles. The lowest BCUT2D eigenvalue weighted by Gasteiger charge is -2.15. The second-order valence-electron chi connectivity index (χ2n) is 5.89. The molecule has 20 heavy (non-hydrogen) atoms. The van der Waals surface area contributed by atoms with E-state index in [0.29, 0.717) is 12.8 Å². The van der Waals surface area contributed by atoms with Gasteiger partial charge in [0.25, 0.3) is 0 Å². The van der Waals surface area contributed by atoms with Crippen LogP contribution in [0.3, 0.4) is 0 Å². The first-order valence-corrected chi connectivity index (χ1v) is 7.11. The van der Waals surface area contributed by atoms with Gasteiger partial charge in [0.2, 0.25) is 11.8 Å². The predicted octanol–water partition coefficient (Wildman–Crippen LogP) is 0.764. The van der Waals surface area contributed by atoms with E-state index in [9.17, 15) is 14.4 Å². The van der Waals surface area contributed by atoms with Gasteiger partial charge >= 0.3 is 5.97 Å². The summed E-state index contributed by atoms with van der Waals surface area (Å²) in [5, 5.41) is 14.5. The van der Waals surface area contributed by atoms with Crippen LogP contribution in [0.25, 0.3) is 0 Å². The number of amides is 2. The van der Waals surface area contributed by atoms with Crippen molar-refractivity contribution in [2.45, 2.75) is 46.1 Å². The molecular weight excluding hydrogens is 260 g/mol. The molecule has 6 nitrogen and oxygen atoms in total. The number of hydrogen-bond donors (Lipinski definition) is 3. The summed E-state index contributed by atoms with van der Waals surface area (Å²) >= 11 is 0. The van der Waals surface area contributed by atoms with Crippen molar-refractivity contribution in [2.24, 2.45) is 17.8 Å². The maximum absolute atomic E-state index is 12.0. The molecule has 0 aromatic rings. The van der Waals surface area contributed by atoms with Crippen molar-refractivity contribution in [1.29, 1.82) is 0 Å². The maximum Gasteiger partial charge on any atom is 0.307 e. The van der Waals surface area contributed by atoms with Crippen molar-refractivity contribution in [3.63, 3.8) is 0 Å². The molecule has 1 aliphatic rings. The summed E-state index contributed by atoms with van der Waals surface area (Å²) in [6, 6.07) is 0.0743. The molecular formula is C14H24N2O4. The number of carbonyl (C=O) groups excluding carboxylic acids is 2. The molecule has 3 unspecified atom stereocenters. The number of rotatable bonds is 6. The third-order valence-electron chi connectivity index (χ3n) is 3.55. The molecule has 1 aliphatic carbocycles. The van der Waals surface area contributed by atoms with Crippen LogP contribution in [0, 0.1) is 17.8 Å². The molecule has 0 bridgehead atoms. The van der Waals surface area contributed by atoms with Gasteiger partial charge in [0.1, 0.15) is 0 Å². The number of aliphatic carboxylic acids is 1. The van der Waals surface area contributed by atoms with E-state index in [4.69, 9.17) is 5.11 Å². The highest BCUT2D eigenvalue weighted by molar-refractivity contribution is 5.85. The van der Waals surface area contributed by atoms with Crippen LogP contribution in [-0.4, -0.2) is 35.5 Å². The Morgan fingerprint density at radius 1 is 1.20 bits per heavy atom. The van der Waals surface area contributed by atoms with Crippen LogP contribution < -0.4 is 10.6 Å². The minimum atomic E-state index is -0.910. The first-order chi connectivity index (χ1) is 9.31. The molecule has 114 valence electrons. The second kappa shape index (κ2) is 7.26. The van der Waals surface area contributed by atoms with Crippen LogP contribution in [0.5, 0.6) is 0 Å². The number of carboxylic acids is 1. The Hall–Kier alpha value is -1.59. The maximum atomic E-state index is 12.0. The highest BCUT2D eigenvalue weighted by Crippen LogP contribution is 2.36. The van der Waals surface area contributed by atoms with Crippen molar-refractivity contribution in [2.75, 3.05) is 6.54 Å². The van der Waals surface area contributed by atoms with Gasteiger partial charge in [-0.2, -0.15) is 0 Å². The van der Waals surface area contributed by atoms with Crippen LogP contribution in [0.15, 0.2) is 0 Å². The van der Waals surface area contributed by atoms with Crippen molar-refractivity contribution < 1.29 is 19.5 Å².